The molecule has 5 rings (SSSR count). The number of rotatable bonds is 3. The van der Waals surface area contributed by atoms with E-state index in [2.05, 4.69) is 9.97 Å². The number of carbonyl (C=O) groups excluding carboxylic acids is 1. The fraction of sp³-hybridized carbons (Fsp3) is 0.185. The number of pyridine rings is 1. The Morgan fingerprint density at radius 3 is 2.63 bits per heavy atom. The molecule has 0 spiro atoms. The summed E-state index contributed by atoms with van der Waals surface area (Å²) in [6.07, 6.45) is 4.90. The zero-order chi connectivity index (χ0) is 24.7. The van der Waals surface area contributed by atoms with Gasteiger partial charge in [0, 0.05) is 42.1 Å². The van der Waals surface area contributed by atoms with Crippen LogP contribution in [0.15, 0.2) is 73.2 Å². The van der Waals surface area contributed by atoms with Crippen molar-refractivity contribution < 1.29 is 13.9 Å². The third-order valence-electron chi connectivity index (χ3n) is 5.55. The molecule has 0 aliphatic heterocycles. The van der Waals surface area contributed by atoms with Crippen molar-refractivity contribution in [3.63, 3.8) is 0 Å². The summed E-state index contributed by atoms with van der Waals surface area (Å²) in [5.41, 5.74) is 1.82. The monoisotopic (exact) mass is 469 g/mol. The molecule has 176 valence electrons. The molecule has 0 saturated heterocycles. The van der Waals surface area contributed by atoms with E-state index in [9.17, 15) is 9.18 Å². The molecule has 5 aromatic rings. The lowest BCUT2D eigenvalue weighted by atomic mass is 10.1. The van der Waals surface area contributed by atoms with E-state index in [0.717, 1.165) is 10.9 Å². The smallest absolute Gasteiger partial charge is 0.414 e. The highest BCUT2D eigenvalue weighted by atomic mass is 19.1. The van der Waals surface area contributed by atoms with Crippen LogP contribution in [-0.4, -0.2) is 38.3 Å². The second kappa shape index (κ2) is 8.47. The number of carbonyl (C=O) groups is 1. The van der Waals surface area contributed by atoms with Crippen LogP contribution in [0.4, 0.5) is 14.9 Å². The molecule has 35 heavy (non-hydrogen) atoms. The second-order valence-electron chi connectivity index (χ2n) is 9.21. The van der Waals surface area contributed by atoms with E-state index in [-0.39, 0.29) is 5.82 Å². The first-order valence-electron chi connectivity index (χ1n) is 11.2. The van der Waals surface area contributed by atoms with Crippen molar-refractivity contribution in [1.82, 2.24) is 19.5 Å². The van der Waals surface area contributed by atoms with Gasteiger partial charge in [-0.1, -0.05) is 12.1 Å². The van der Waals surface area contributed by atoms with Crippen molar-refractivity contribution in [2.45, 2.75) is 26.4 Å². The van der Waals surface area contributed by atoms with Crippen molar-refractivity contribution in [1.29, 1.82) is 0 Å². The minimum atomic E-state index is -0.622. The normalized spacial score (nSPS) is 11.7. The number of hydrogen-bond donors (Lipinski definition) is 0. The topological polar surface area (TPSA) is 73.1 Å². The SMILES string of the molecule is CN(C(=O)OC(C)(C)C)c1ccc2nc(-c3ccccc3F)nc(-n3ccc4cnccc43)c2c1. The van der Waals surface area contributed by atoms with E-state index in [0.29, 0.717) is 28.0 Å². The first kappa shape index (κ1) is 22.5. The predicted octanol–water partition coefficient (Wildman–Crippen LogP) is 6.15. The van der Waals surface area contributed by atoms with Gasteiger partial charge in [-0.15, -0.1) is 0 Å². The molecule has 3 heterocycles. The molecule has 0 unspecified atom stereocenters. The largest absolute Gasteiger partial charge is 0.443 e. The van der Waals surface area contributed by atoms with Gasteiger partial charge in [-0.3, -0.25) is 9.88 Å². The highest BCUT2D eigenvalue weighted by Crippen LogP contribution is 2.31. The number of fused-ring (bicyclic) bond motifs is 2. The molecule has 0 atom stereocenters. The van der Waals surface area contributed by atoms with Crippen LogP contribution in [0.2, 0.25) is 0 Å². The van der Waals surface area contributed by atoms with Crippen LogP contribution in [-0.2, 0) is 4.74 Å². The number of hydrogen-bond acceptors (Lipinski definition) is 5. The number of anilines is 1. The lowest BCUT2D eigenvalue weighted by Gasteiger charge is -2.25. The molecule has 0 saturated carbocycles. The number of nitrogens with zero attached hydrogens (tertiary/aromatic N) is 5. The molecular weight excluding hydrogens is 445 g/mol. The summed E-state index contributed by atoms with van der Waals surface area (Å²) in [6.45, 7) is 5.46. The highest BCUT2D eigenvalue weighted by molar-refractivity contribution is 5.96. The maximum atomic E-state index is 14.6. The Bertz CT molecular complexity index is 1570. The van der Waals surface area contributed by atoms with Crippen molar-refractivity contribution in [3.05, 3.63) is 79.0 Å². The van der Waals surface area contributed by atoms with Crippen molar-refractivity contribution in [2.24, 2.45) is 0 Å². The van der Waals surface area contributed by atoms with Gasteiger partial charge in [0.25, 0.3) is 0 Å². The van der Waals surface area contributed by atoms with Gasteiger partial charge < -0.3 is 9.30 Å². The molecule has 0 aliphatic rings. The zero-order valence-corrected chi connectivity index (χ0v) is 19.9. The number of benzene rings is 2. The zero-order valence-electron chi connectivity index (χ0n) is 19.9. The maximum Gasteiger partial charge on any atom is 0.414 e. The minimum Gasteiger partial charge on any atom is -0.443 e. The van der Waals surface area contributed by atoms with E-state index in [4.69, 9.17) is 9.72 Å². The summed E-state index contributed by atoms with van der Waals surface area (Å²) >= 11 is 0. The fourth-order valence-corrected chi connectivity index (χ4v) is 3.86. The Hall–Kier alpha value is -4.33. The highest BCUT2D eigenvalue weighted by Gasteiger charge is 2.22. The summed E-state index contributed by atoms with van der Waals surface area (Å²) in [5.74, 6) is 0.435. The molecule has 0 fully saturated rings. The van der Waals surface area contributed by atoms with Gasteiger partial charge in [-0.05, 0) is 63.2 Å². The first-order valence-corrected chi connectivity index (χ1v) is 11.2. The maximum absolute atomic E-state index is 14.6. The Labute approximate surface area is 201 Å². The summed E-state index contributed by atoms with van der Waals surface area (Å²) in [6, 6.07) is 15.7. The number of aromatic nitrogens is 4. The van der Waals surface area contributed by atoms with Crippen LogP contribution in [0.5, 0.6) is 0 Å². The van der Waals surface area contributed by atoms with Crippen LogP contribution in [0.1, 0.15) is 20.8 Å². The molecule has 2 aromatic carbocycles. The summed E-state index contributed by atoms with van der Waals surface area (Å²) in [4.78, 5) is 27.7. The van der Waals surface area contributed by atoms with Gasteiger partial charge >= 0.3 is 6.09 Å². The molecule has 8 heteroatoms. The van der Waals surface area contributed by atoms with Gasteiger partial charge in [0.05, 0.1) is 16.6 Å². The van der Waals surface area contributed by atoms with Gasteiger partial charge in [0.1, 0.15) is 17.2 Å². The Balaban J connectivity index is 1.72. The average molecular weight is 470 g/mol. The van der Waals surface area contributed by atoms with E-state index < -0.39 is 17.5 Å². The van der Waals surface area contributed by atoms with Crippen molar-refractivity contribution in [3.8, 4) is 17.2 Å². The lowest BCUT2D eigenvalue weighted by Crippen LogP contribution is -2.34. The predicted molar refractivity (Wildman–Crippen MR) is 134 cm³/mol. The standard InChI is InChI=1S/C27H24FN5O2/c1-27(2,3)35-26(34)32(4)18-9-10-22-20(15-18)25(33-14-12-17-16-29-13-11-23(17)33)31-24(30-22)19-7-5-6-8-21(19)28/h5-16H,1-4H3. The van der Waals surface area contributed by atoms with Gasteiger partial charge in [-0.25, -0.2) is 19.2 Å². The number of halogens is 1. The van der Waals surface area contributed by atoms with E-state index >= 15 is 0 Å². The van der Waals surface area contributed by atoms with Crippen LogP contribution < -0.4 is 4.90 Å². The van der Waals surface area contributed by atoms with Crippen molar-refractivity contribution in [2.75, 3.05) is 11.9 Å². The third kappa shape index (κ3) is 4.30. The summed E-state index contributed by atoms with van der Waals surface area (Å²) < 4.78 is 22.1. The Morgan fingerprint density at radius 1 is 1.06 bits per heavy atom. The molecule has 0 aliphatic carbocycles. The lowest BCUT2D eigenvalue weighted by molar-refractivity contribution is 0.0589. The Morgan fingerprint density at radius 2 is 1.86 bits per heavy atom. The number of ether oxygens (including phenoxy) is 1. The summed E-state index contributed by atoms with van der Waals surface area (Å²) in [5, 5.41) is 1.64. The van der Waals surface area contributed by atoms with Gasteiger partial charge in [-0.2, -0.15) is 0 Å². The van der Waals surface area contributed by atoms with E-state index in [1.807, 2.05) is 49.7 Å². The van der Waals surface area contributed by atoms with Crippen molar-refractivity contribution >= 4 is 33.6 Å². The molecule has 7 nitrogen and oxygen atoms in total. The number of amides is 1. The molecule has 0 N–H and O–H groups in total. The van der Waals surface area contributed by atoms with Gasteiger partial charge in [0.2, 0.25) is 0 Å². The van der Waals surface area contributed by atoms with Crippen LogP contribution >= 0.6 is 0 Å². The van der Waals surface area contributed by atoms with Crippen LogP contribution in [0, 0.1) is 5.82 Å². The quantitative estimate of drug-likeness (QED) is 0.317. The van der Waals surface area contributed by atoms with E-state index in [1.54, 1.807) is 49.8 Å². The molecule has 0 bridgehead atoms. The fourth-order valence-electron chi connectivity index (χ4n) is 3.86. The van der Waals surface area contributed by atoms with E-state index in [1.165, 1.54) is 11.0 Å². The second-order valence-corrected chi connectivity index (χ2v) is 9.21. The molecule has 3 aromatic heterocycles. The molecule has 1 amide bonds. The van der Waals surface area contributed by atoms with Crippen LogP contribution in [0.25, 0.3) is 39.0 Å². The molecular formula is C27H24FN5O2. The molecule has 0 radical (unpaired) electrons. The summed E-state index contributed by atoms with van der Waals surface area (Å²) in [7, 11) is 1.65. The van der Waals surface area contributed by atoms with Crippen LogP contribution in [0.3, 0.4) is 0 Å². The Kier molecular flexibility index (Phi) is 5.43. The first-order chi connectivity index (χ1) is 16.7. The van der Waals surface area contributed by atoms with Gasteiger partial charge in [0.15, 0.2) is 5.82 Å². The minimum absolute atomic E-state index is 0.273. The average Bonchev–Trinajstić information content (AvgIpc) is 3.26. The third-order valence-corrected chi connectivity index (χ3v) is 5.55.